The van der Waals surface area contributed by atoms with Crippen LogP contribution in [0.1, 0.15) is 18.1 Å². The minimum atomic E-state index is -0.223. The van der Waals surface area contributed by atoms with Crippen molar-refractivity contribution in [2.45, 2.75) is 24.0 Å². The number of hydrazone groups is 1. The zero-order chi connectivity index (χ0) is 15.9. The van der Waals surface area contributed by atoms with Crippen LogP contribution in [-0.4, -0.2) is 17.4 Å². The predicted molar refractivity (Wildman–Crippen MR) is 93.7 cm³/mol. The van der Waals surface area contributed by atoms with Gasteiger partial charge < -0.3 is 0 Å². The van der Waals surface area contributed by atoms with Gasteiger partial charge in [0.2, 0.25) is 0 Å². The fourth-order valence-electron chi connectivity index (χ4n) is 1.72. The Kier molecular flexibility index (Phi) is 6.04. The molecule has 0 aliphatic heterocycles. The van der Waals surface area contributed by atoms with E-state index in [1.165, 1.54) is 17.3 Å². The lowest BCUT2D eigenvalue weighted by Crippen LogP contribution is -2.26. The van der Waals surface area contributed by atoms with Crippen molar-refractivity contribution in [3.8, 4) is 0 Å². The summed E-state index contributed by atoms with van der Waals surface area (Å²) in [4.78, 5) is 13.1. The van der Waals surface area contributed by atoms with Crippen LogP contribution < -0.4 is 5.43 Å². The van der Waals surface area contributed by atoms with Gasteiger partial charge in [0.05, 0.1) is 11.5 Å². The molecule has 2 aromatic rings. The Morgan fingerprint density at radius 2 is 2.00 bits per heavy atom. The van der Waals surface area contributed by atoms with Crippen LogP contribution in [0.4, 0.5) is 0 Å². The van der Waals surface area contributed by atoms with Crippen molar-refractivity contribution >= 4 is 35.5 Å². The van der Waals surface area contributed by atoms with E-state index in [-0.39, 0.29) is 11.2 Å². The fourth-order valence-corrected chi connectivity index (χ4v) is 2.78. The molecule has 1 N–H and O–H groups in total. The van der Waals surface area contributed by atoms with Crippen molar-refractivity contribution in [3.63, 3.8) is 0 Å². The molecule has 0 fully saturated rings. The number of carbonyl (C=O) groups is 1. The number of halogens is 1. The Bertz CT molecular complexity index is 671. The summed E-state index contributed by atoms with van der Waals surface area (Å²) in [6, 6.07) is 15.4. The van der Waals surface area contributed by atoms with Crippen molar-refractivity contribution in [2.75, 3.05) is 0 Å². The van der Waals surface area contributed by atoms with Crippen molar-refractivity contribution in [3.05, 3.63) is 64.7 Å². The molecule has 22 heavy (non-hydrogen) atoms. The van der Waals surface area contributed by atoms with Crippen LogP contribution in [0, 0.1) is 6.92 Å². The average molecular weight is 333 g/mol. The van der Waals surface area contributed by atoms with Crippen LogP contribution in [-0.2, 0) is 4.79 Å². The van der Waals surface area contributed by atoms with Gasteiger partial charge in [-0.15, -0.1) is 11.8 Å². The van der Waals surface area contributed by atoms with E-state index in [0.717, 1.165) is 10.5 Å². The smallest absolute Gasteiger partial charge is 0.253 e. The second-order valence-corrected chi connectivity index (χ2v) is 6.71. The highest BCUT2D eigenvalue weighted by atomic mass is 35.5. The number of nitrogens with one attached hydrogen (secondary N) is 1. The topological polar surface area (TPSA) is 41.5 Å². The Labute approximate surface area is 139 Å². The largest absolute Gasteiger partial charge is 0.272 e. The Hall–Kier alpha value is -1.78. The summed E-state index contributed by atoms with van der Waals surface area (Å²) in [5.41, 5.74) is 4.59. The van der Waals surface area contributed by atoms with E-state index in [2.05, 4.69) is 10.5 Å². The lowest BCUT2D eigenvalue weighted by atomic mass is 10.2. The van der Waals surface area contributed by atoms with Crippen molar-refractivity contribution in [1.82, 2.24) is 5.43 Å². The summed E-state index contributed by atoms with van der Waals surface area (Å²) < 4.78 is 0. The molecule has 2 aromatic carbocycles. The highest BCUT2D eigenvalue weighted by molar-refractivity contribution is 8.00. The van der Waals surface area contributed by atoms with Gasteiger partial charge in [-0.25, -0.2) is 5.43 Å². The fraction of sp³-hybridized carbons (Fsp3) is 0.176. The molecule has 0 saturated heterocycles. The van der Waals surface area contributed by atoms with Gasteiger partial charge in [-0.1, -0.05) is 41.4 Å². The summed E-state index contributed by atoms with van der Waals surface area (Å²) in [7, 11) is 0. The molecule has 0 aromatic heterocycles. The SMILES string of the molecule is Cc1ccc(S[C@@H](C)C(=O)N/N=C\c2cccc(Cl)c2)cc1. The quantitative estimate of drug-likeness (QED) is 0.504. The first kappa shape index (κ1) is 16.6. The first-order valence-electron chi connectivity index (χ1n) is 6.86. The number of rotatable bonds is 5. The van der Waals surface area contributed by atoms with Gasteiger partial charge >= 0.3 is 0 Å². The second-order valence-electron chi connectivity index (χ2n) is 4.86. The molecule has 3 nitrogen and oxygen atoms in total. The standard InChI is InChI=1S/C17H17ClN2OS/c1-12-6-8-16(9-7-12)22-13(2)17(21)20-19-11-14-4-3-5-15(18)10-14/h3-11,13H,1-2H3,(H,20,21)/b19-11-/t13-/m0/s1. The first-order chi connectivity index (χ1) is 10.5. The zero-order valence-corrected chi connectivity index (χ0v) is 14.0. The minimum Gasteiger partial charge on any atom is -0.272 e. The van der Waals surface area contributed by atoms with Crippen LogP contribution in [0.5, 0.6) is 0 Å². The molecular weight excluding hydrogens is 316 g/mol. The third-order valence-electron chi connectivity index (χ3n) is 2.94. The summed E-state index contributed by atoms with van der Waals surface area (Å²) in [6.07, 6.45) is 1.58. The molecule has 0 aliphatic rings. The molecule has 2 rings (SSSR count). The molecule has 0 spiro atoms. The van der Waals surface area contributed by atoms with Crippen LogP contribution >= 0.6 is 23.4 Å². The van der Waals surface area contributed by atoms with E-state index < -0.39 is 0 Å². The summed E-state index contributed by atoms with van der Waals surface area (Å²) in [5, 5.41) is 4.38. The molecule has 0 saturated carbocycles. The van der Waals surface area contributed by atoms with Gasteiger partial charge in [-0.3, -0.25) is 4.79 Å². The molecule has 1 atom stereocenters. The van der Waals surface area contributed by atoms with E-state index in [0.29, 0.717) is 5.02 Å². The maximum Gasteiger partial charge on any atom is 0.253 e. The maximum atomic E-state index is 12.0. The molecule has 0 unspecified atom stereocenters. The summed E-state index contributed by atoms with van der Waals surface area (Å²) in [6.45, 7) is 3.89. The predicted octanol–water partition coefficient (Wildman–Crippen LogP) is 4.28. The van der Waals surface area contributed by atoms with Crippen molar-refractivity contribution in [2.24, 2.45) is 5.10 Å². The Morgan fingerprint density at radius 1 is 1.27 bits per heavy atom. The zero-order valence-electron chi connectivity index (χ0n) is 12.4. The number of benzene rings is 2. The van der Waals surface area contributed by atoms with Gasteiger partial charge in [0.25, 0.3) is 5.91 Å². The molecule has 114 valence electrons. The van der Waals surface area contributed by atoms with E-state index in [1.807, 2.05) is 50.2 Å². The average Bonchev–Trinajstić information content (AvgIpc) is 2.49. The van der Waals surface area contributed by atoms with Gasteiger partial charge in [0, 0.05) is 9.92 Å². The first-order valence-corrected chi connectivity index (χ1v) is 8.12. The number of amides is 1. The Balaban J connectivity index is 1.87. The number of hydrogen-bond donors (Lipinski definition) is 1. The number of nitrogens with zero attached hydrogens (tertiary/aromatic N) is 1. The van der Waals surface area contributed by atoms with Gasteiger partial charge in [0.15, 0.2) is 0 Å². The van der Waals surface area contributed by atoms with Crippen LogP contribution in [0.3, 0.4) is 0 Å². The minimum absolute atomic E-state index is 0.135. The Morgan fingerprint density at radius 3 is 2.68 bits per heavy atom. The molecular formula is C17H17ClN2OS. The second kappa shape index (κ2) is 8.01. The third kappa shape index (κ3) is 5.20. The number of aryl methyl sites for hydroxylation is 1. The van der Waals surface area contributed by atoms with Crippen molar-refractivity contribution < 1.29 is 4.79 Å². The molecule has 0 aliphatic carbocycles. The number of carbonyl (C=O) groups excluding carboxylic acids is 1. The summed E-state index contributed by atoms with van der Waals surface area (Å²) >= 11 is 7.39. The van der Waals surface area contributed by atoms with E-state index in [1.54, 1.807) is 18.3 Å². The molecule has 1 amide bonds. The van der Waals surface area contributed by atoms with Gasteiger partial charge in [0.1, 0.15) is 0 Å². The van der Waals surface area contributed by atoms with Gasteiger partial charge in [-0.2, -0.15) is 5.10 Å². The highest BCUT2D eigenvalue weighted by Gasteiger charge is 2.13. The van der Waals surface area contributed by atoms with E-state index in [9.17, 15) is 4.79 Å². The molecule has 0 radical (unpaired) electrons. The van der Waals surface area contributed by atoms with E-state index >= 15 is 0 Å². The molecule has 5 heteroatoms. The molecule has 0 bridgehead atoms. The number of hydrogen-bond acceptors (Lipinski definition) is 3. The van der Waals surface area contributed by atoms with Crippen molar-refractivity contribution in [1.29, 1.82) is 0 Å². The third-order valence-corrected chi connectivity index (χ3v) is 4.29. The molecule has 0 heterocycles. The normalized spacial score (nSPS) is 12.3. The lowest BCUT2D eigenvalue weighted by Gasteiger charge is -2.09. The summed E-state index contributed by atoms with van der Waals surface area (Å²) in [5.74, 6) is -0.135. The lowest BCUT2D eigenvalue weighted by molar-refractivity contribution is -0.120. The van der Waals surface area contributed by atoms with E-state index in [4.69, 9.17) is 11.6 Å². The maximum absolute atomic E-state index is 12.0. The van der Waals surface area contributed by atoms with Crippen LogP contribution in [0.25, 0.3) is 0 Å². The monoisotopic (exact) mass is 332 g/mol. The van der Waals surface area contributed by atoms with Crippen LogP contribution in [0.2, 0.25) is 5.02 Å². The highest BCUT2D eigenvalue weighted by Crippen LogP contribution is 2.23. The van der Waals surface area contributed by atoms with Gasteiger partial charge in [-0.05, 0) is 43.7 Å². The van der Waals surface area contributed by atoms with Crippen LogP contribution in [0.15, 0.2) is 58.5 Å². The number of thioether (sulfide) groups is 1.